The first kappa shape index (κ1) is 17.2. The number of carbonyl (C=O) groups is 3. The molecule has 4 aliphatic carbocycles. The first-order chi connectivity index (χ1) is 13.2. The zero-order valence-electron chi connectivity index (χ0n) is 16.7. The van der Waals surface area contributed by atoms with Gasteiger partial charge in [-0.25, -0.2) is 0 Å². The summed E-state index contributed by atoms with van der Waals surface area (Å²) in [4.78, 5) is 37.2. The van der Waals surface area contributed by atoms with Crippen LogP contribution < -0.4 is 0 Å². The van der Waals surface area contributed by atoms with Crippen molar-refractivity contribution < 1.29 is 23.9 Å². The van der Waals surface area contributed by atoms with Crippen LogP contribution in [0.1, 0.15) is 71.6 Å². The molecule has 0 aromatic carbocycles. The SMILES string of the molecule is C[C@]12CCC(=O)C=C1C[C@@H]1C(=O)O[C@@]23CC[C@@]2(C)[C@@H](CC[C@@]24CCC(=O)O4)[C@H]13. The Morgan fingerprint density at radius 2 is 1.79 bits per heavy atom. The Hall–Kier alpha value is -1.65. The minimum absolute atomic E-state index is 0.0657. The maximum atomic E-state index is 13.0. The molecule has 6 rings (SSSR count). The monoisotopic (exact) mass is 384 g/mol. The van der Waals surface area contributed by atoms with Crippen LogP contribution in [0.15, 0.2) is 11.6 Å². The molecule has 0 aromatic rings. The van der Waals surface area contributed by atoms with Gasteiger partial charge in [-0.1, -0.05) is 19.4 Å². The lowest BCUT2D eigenvalue weighted by Crippen LogP contribution is -2.64. The van der Waals surface area contributed by atoms with E-state index in [4.69, 9.17) is 9.47 Å². The van der Waals surface area contributed by atoms with Crippen molar-refractivity contribution in [2.75, 3.05) is 0 Å². The van der Waals surface area contributed by atoms with Crippen molar-refractivity contribution in [2.45, 2.75) is 82.8 Å². The zero-order valence-corrected chi connectivity index (χ0v) is 16.7. The summed E-state index contributed by atoms with van der Waals surface area (Å²) in [7, 11) is 0. The van der Waals surface area contributed by atoms with Crippen LogP contribution in [-0.2, 0) is 23.9 Å². The summed E-state index contributed by atoms with van der Waals surface area (Å²) in [5, 5.41) is 0. The molecule has 0 radical (unpaired) electrons. The summed E-state index contributed by atoms with van der Waals surface area (Å²) in [5.74, 6) is 0.411. The number of hydrogen-bond donors (Lipinski definition) is 0. The van der Waals surface area contributed by atoms with Crippen molar-refractivity contribution in [2.24, 2.45) is 28.6 Å². The fourth-order valence-electron chi connectivity index (χ4n) is 8.52. The van der Waals surface area contributed by atoms with E-state index in [0.717, 1.165) is 44.1 Å². The Kier molecular flexibility index (Phi) is 3.02. The zero-order chi connectivity index (χ0) is 19.5. The van der Waals surface area contributed by atoms with E-state index in [1.807, 2.05) is 6.08 Å². The summed E-state index contributed by atoms with van der Waals surface area (Å²) in [5.41, 5.74) is -0.0188. The predicted octanol–water partition coefficient (Wildman–Crippen LogP) is 3.50. The van der Waals surface area contributed by atoms with E-state index in [1.54, 1.807) is 0 Å². The lowest BCUT2D eigenvalue weighted by Gasteiger charge is -2.61. The number of fused-ring (bicyclic) bond motifs is 3. The van der Waals surface area contributed by atoms with Gasteiger partial charge in [0, 0.05) is 29.6 Å². The molecule has 3 saturated carbocycles. The second-order valence-corrected chi connectivity index (χ2v) is 10.6. The van der Waals surface area contributed by atoms with E-state index >= 15 is 0 Å². The van der Waals surface area contributed by atoms with E-state index in [2.05, 4.69) is 13.8 Å². The maximum Gasteiger partial charge on any atom is 0.310 e. The highest BCUT2D eigenvalue weighted by atomic mass is 16.6. The van der Waals surface area contributed by atoms with E-state index in [1.165, 1.54) is 0 Å². The molecule has 6 aliphatic rings. The highest BCUT2D eigenvalue weighted by Crippen LogP contribution is 2.74. The van der Waals surface area contributed by atoms with Crippen molar-refractivity contribution >= 4 is 17.7 Å². The van der Waals surface area contributed by atoms with Gasteiger partial charge in [-0.3, -0.25) is 14.4 Å². The summed E-state index contributed by atoms with van der Waals surface area (Å²) in [6.45, 7) is 4.54. The molecule has 0 N–H and O–H groups in total. The Morgan fingerprint density at radius 3 is 2.54 bits per heavy atom. The summed E-state index contributed by atoms with van der Waals surface area (Å²) in [6, 6.07) is 0. The minimum Gasteiger partial charge on any atom is -0.458 e. The second kappa shape index (κ2) is 4.91. The summed E-state index contributed by atoms with van der Waals surface area (Å²) < 4.78 is 12.3. The standard InChI is InChI=1S/C23H28O5/c1-20-6-3-14(24)11-13(20)12-15-18-16-4-7-22(8-5-17(25)27-22)21(16,2)9-10-23(18,20)28-19(15)26/h11,15-16,18H,3-10,12H2,1-2H3/t15-,16-,18-,20-,21-,22+,23+/m0/s1. The van der Waals surface area contributed by atoms with Gasteiger partial charge in [0.1, 0.15) is 11.2 Å². The molecule has 2 saturated heterocycles. The largest absolute Gasteiger partial charge is 0.458 e. The van der Waals surface area contributed by atoms with E-state index < -0.39 is 5.60 Å². The number of ketones is 1. The smallest absolute Gasteiger partial charge is 0.310 e. The van der Waals surface area contributed by atoms with Crippen molar-refractivity contribution in [3.63, 3.8) is 0 Å². The highest BCUT2D eigenvalue weighted by Gasteiger charge is 2.77. The molecule has 5 fully saturated rings. The maximum absolute atomic E-state index is 13.0. The average Bonchev–Trinajstić information content (AvgIpc) is 3.24. The molecule has 0 amide bonds. The van der Waals surface area contributed by atoms with Crippen molar-refractivity contribution in [3.05, 3.63) is 11.6 Å². The van der Waals surface area contributed by atoms with Crippen LogP contribution >= 0.6 is 0 Å². The van der Waals surface area contributed by atoms with Gasteiger partial charge in [-0.15, -0.1) is 0 Å². The molecule has 0 aromatic heterocycles. The molecule has 5 nitrogen and oxygen atoms in total. The second-order valence-electron chi connectivity index (χ2n) is 10.6. The van der Waals surface area contributed by atoms with Gasteiger partial charge in [-0.05, 0) is 56.9 Å². The molecule has 2 aliphatic heterocycles. The van der Waals surface area contributed by atoms with Gasteiger partial charge < -0.3 is 9.47 Å². The third-order valence-corrected chi connectivity index (χ3v) is 10.1. The van der Waals surface area contributed by atoms with E-state index in [-0.39, 0.29) is 46.0 Å². The molecule has 0 unspecified atom stereocenters. The van der Waals surface area contributed by atoms with Crippen LogP contribution in [0.3, 0.4) is 0 Å². The molecule has 28 heavy (non-hydrogen) atoms. The molecule has 5 heteroatoms. The van der Waals surface area contributed by atoms with Crippen LogP contribution in [0.25, 0.3) is 0 Å². The third kappa shape index (κ3) is 1.66. The van der Waals surface area contributed by atoms with Crippen molar-refractivity contribution in [3.8, 4) is 0 Å². The van der Waals surface area contributed by atoms with Gasteiger partial charge in [-0.2, -0.15) is 0 Å². The average molecular weight is 384 g/mol. The minimum atomic E-state index is -0.488. The van der Waals surface area contributed by atoms with Gasteiger partial charge in [0.2, 0.25) is 0 Å². The molecular formula is C23H28O5. The van der Waals surface area contributed by atoms with Crippen molar-refractivity contribution in [1.29, 1.82) is 0 Å². The molecular weight excluding hydrogens is 356 g/mol. The molecule has 7 atom stereocenters. The summed E-state index contributed by atoms with van der Waals surface area (Å²) in [6.07, 6.45) is 8.76. The van der Waals surface area contributed by atoms with Gasteiger partial charge >= 0.3 is 11.9 Å². The molecule has 150 valence electrons. The fourth-order valence-corrected chi connectivity index (χ4v) is 8.52. The highest BCUT2D eigenvalue weighted by molar-refractivity contribution is 5.92. The van der Waals surface area contributed by atoms with Crippen LogP contribution in [0.2, 0.25) is 0 Å². The number of rotatable bonds is 0. The predicted molar refractivity (Wildman–Crippen MR) is 99.0 cm³/mol. The molecule has 2 bridgehead atoms. The number of esters is 2. The van der Waals surface area contributed by atoms with E-state index in [0.29, 0.717) is 25.2 Å². The third-order valence-electron chi connectivity index (χ3n) is 10.1. The quantitative estimate of drug-likeness (QED) is 0.598. The van der Waals surface area contributed by atoms with E-state index in [9.17, 15) is 14.4 Å². The lowest BCUT2D eigenvalue weighted by molar-refractivity contribution is -0.200. The summed E-state index contributed by atoms with van der Waals surface area (Å²) >= 11 is 0. The Morgan fingerprint density at radius 1 is 0.964 bits per heavy atom. The van der Waals surface area contributed by atoms with Crippen molar-refractivity contribution in [1.82, 2.24) is 0 Å². The number of carbonyl (C=O) groups excluding carboxylic acids is 3. The Bertz CT molecular complexity index is 859. The first-order valence-corrected chi connectivity index (χ1v) is 10.9. The van der Waals surface area contributed by atoms with Crippen LogP contribution in [0.5, 0.6) is 0 Å². The topological polar surface area (TPSA) is 69.7 Å². The normalized spacial score (nSPS) is 54.0. The van der Waals surface area contributed by atoms with Gasteiger partial charge in [0.25, 0.3) is 0 Å². The van der Waals surface area contributed by atoms with Crippen LogP contribution in [-0.4, -0.2) is 28.9 Å². The van der Waals surface area contributed by atoms with Gasteiger partial charge in [0.15, 0.2) is 5.78 Å². The lowest BCUT2D eigenvalue weighted by atomic mass is 9.43. The Labute approximate surface area is 165 Å². The number of ether oxygens (including phenoxy) is 2. The van der Waals surface area contributed by atoms with Crippen LogP contribution in [0.4, 0.5) is 0 Å². The Balaban J connectivity index is 1.48. The molecule has 1 spiro atoms. The fraction of sp³-hybridized carbons (Fsp3) is 0.783. The molecule has 2 heterocycles. The van der Waals surface area contributed by atoms with Gasteiger partial charge in [0.05, 0.1) is 5.92 Å². The number of hydrogen-bond acceptors (Lipinski definition) is 5. The first-order valence-electron chi connectivity index (χ1n) is 10.9. The van der Waals surface area contributed by atoms with Crippen LogP contribution in [0, 0.1) is 28.6 Å².